The Bertz CT molecular complexity index is 646. The van der Waals surface area contributed by atoms with Gasteiger partial charge >= 0.3 is 0 Å². The molecule has 0 unspecified atom stereocenters. The molecule has 0 aliphatic heterocycles. The Labute approximate surface area is 109 Å². The molecule has 0 saturated carbocycles. The van der Waals surface area contributed by atoms with Crippen molar-refractivity contribution in [1.29, 1.82) is 0 Å². The number of nitro groups is 1. The SMILES string of the molecule is COc1ccc(Cn2cc([N+](=O)[O-])ccc2=O)cc1. The van der Waals surface area contributed by atoms with Crippen LogP contribution in [-0.4, -0.2) is 16.6 Å². The average molecular weight is 260 g/mol. The van der Waals surface area contributed by atoms with Crippen LogP contribution in [0.1, 0.15) is 5.56 Å². The van der Waals surface area contributed by atoms with Gasteiger partial charge in [-0.05, 0) is 17.7 Å². The van der Waals surface area contributed by atoms with Gasteiger partial charge < -0.3 is 9.30 Å². The lowest BCUT2D eigenvalue weighted by molar-refractivity contribution is -0.385. The first-order valence-corrected chi connectivity index (χ1v) is 5.58. The third kappa shape index (κ3) is 2.98. The summed E-state index contributed by atoms with van der Waals surface area (Å²) in [6.45, 7) is 0.282. The van der Waals surface area contributed by atoms with Crippen molar-refractivity contribution in [1.82, 2.24) is 4.57 Å². The number of ether oxygens (including phenoxy) is 1. The van der Waals surface area contributed by atoms with E-state index in [1.54, 1.807) is 19.2 Å². The van der Waals surface area contributed by atoms with Gasteiger partial charge in [0, 0.05) is 12.1 Å². The fourth-order valence-electron chi connectivity index (χ4n) is 1.68. The topological polar surface area (TPSA) is 74.4 Å². The van der Waals surface area contributed by atoms with Crippen molar-refractivity contribution in [3.8, 4) is 5.75 Å². The highest BCUT2D eigenvalue weighted by atomic mass is 16.6. The maximum absolute atomic E-state index is 11.6. The first-order chi connectivity index (χ1) is 9.10. The highest BCUT2D eigenvalue weighted by Crippen LogP contribution is 2.13. The average Bonchev–Trinajstić information content (AvgIpc) is 2.42. The summed E-state index contributed by atoms with van der Waals surface area (Å²) in [5.41, 5.74) is 0.484. The van der Waals surface area contributed by atoms with Gasteiger partial charge in [0.05, 0.1) is 24.8 Å². The maximum atomic E-state index is 11.6. The molecule has 98 valence electrons. The minimum atomic E-state index is -0.524. The van der Waals surface area contributed by atoms with Crippen LogP contribution in [0.3, 0.4) is 0 Å². The van der Waals surface area contributed by atoms with Crippen LogP contribution in [-0.2, 0) is 6.54 Å². The molecular formula is C13H12N2O4. The molecule has 0 fully saturated rings. The first-order valence-electron chi connectivity index (χ1n) is 5.58. The zero-order chi connectivity index (χ0) is 13.8. The van der Waals surface area contributed by atoms with Crippen LogP contribution >= 0.6 is 0 Å². The van der Waals surface area contributed by atoms with Crippen molar-refractivity contribution in [2.75, 3.05) is 7.11 Å². The molecule has 0 aliphatic carbocycles. The quantitative estimate of drug-likeness (QED) is 0.620. The normalized spacial score (nSPS) is 10.2. The van der Waals surface area contributed by atoms with Crippen molar-refractivity contribution in [3.05, 3.63) is 68.6 Å². The standard InChI is InChI=1S/C13H12N2O4/c1-19-12-5-2-10(3-6-12)8-14-9-11(15(17)18)4-7-13(14)16/h2-7,9H,8H2,1H3. The van der Waals surface area contributed by atoms with E-state index < -0.39 is 4.92 Å². The Morgan fingerprint density at radius 2 is 1.89 bits per heavy atom. The molecule has 0 aliphatic rings. The number of benzene rings is 1. The summed E-state index contributed by atoms with van der Waals surface area (Å²) in [5, 5.41) is 10.7. The van der Waals surface area contributed by atoms with Crippen LogP contribution in [0.4, 0.5) is 5.69 Å². The van der Waals surface area contributed by atoms with E-state index in [4.69, 9.17) is 4.74 Å². The van der Waals surface area contributed by atoms with Crippen molar-refractivity contribution < 1.29 is 9.66 Å². The molecule has 0 N–H and O–H groups in total. The van der Waals surface area contributed by atoms with E-state index in [0.29, 0.717) is 0 Å². The van der Waals surface area contributed by atoms with Gasteiger partial charge in [0.2, 0.25) is 0 Å². The Morgan fingerprint density at radius 1 is 1.21 bits per heavy atom. The molecule has 6 heteroatoms. The van der Waals surface area contributed by atoms with E-state index in [-0.39, 0.29) is 17.8 Å². The number of nitrogens with zero attached hydrogens (tertiary/aromatic N) is 2. The zero-order valence-corrected chi connectivity index (χ0v) is 10.3. The molecule has 19 heavy (non-hydrogen) atoms. The Morgan fingerprint density at radius 3 is 2.47 bits per heavy atom. The third-order valence-electron chi connectivity index (χ3n) is 2.69. The Balaban J connectivity index is 2.29. The zero-order valence-electron chi connectivity index (χ0n) is 10.3. The van der Waals surface area contributed by atoms with Crippen LogP contribution < -0.4 is 10.3 Å². The van der Waals surface area contributed by atoms with E-state index in [0.717, 1.165) is 11.3 Å². The van der Waals surface area contributed by atoms with Gasteiger partial charge in [-0.15, -0.1) is 0 Å². The summed E-state index contributed by atoms with van der Waals surface area (Å²) in [5.74, 6) is 0.718. The van der Waals surface area contributed by atoms with Crippen LogP contribution in [0.2, 0.25) is 0 Å². The largest absolute Gasteiger partial charge is 0.497 e. The number of rotatable bonds is 4. The number of hydrogen-bond acceptors (Lipinski definition) is 4. The van der Waals surface area contributed by atoms with Gasteiger partial charge in [-0.25, -0.2) is 0 Å². The molecule has 2 aromatic rings. The van der Waals surface area contributed by atoms with Crippen LogP contribution in [0, 0.1) is 10.1 Å². The van der Waals surface area contributed by atoms with E-state index in [2.05, 4.69) is 0 Å². The molecule has 0 atom stereocenters. The van der Waals surface area contributed by atoms with E-state index in [1.165, 1.54) is 22.9 Å². The van der Waals surface area contributed by atoms with Gasteiger partial charge in [-0.1, -0.05) is 12.1 Å². The maximum Gasteiger partial charge on any atom is 0.285 e. The second-order valence-corrected chi connectivity index (χ2v) is 3.96. The van der Waals surface area contributed by atoms with Crippen molar-refractivity contribution in [2.24, 2.45) is 0 Å². The molecule has 1 aromatic carbocycles. The van der Waals surface area contributed by atoms with E-state index >= 15 is 0 Å². The second kappa shape index (κ2) is 5.34. The van der Waals surface area contributed by atoms with Crippen LogP contribution in [0.15, 0.2) is 47.4 Å². The predicted molar refractivity (Wildman–Crippen MR) is 69.5 cm³/mol. The number of hydrogen-bond donors (Lipinski definition) is 0. The van der Waals surface area contributed by atoms with E-state index in [9.17, 15) is 14.9 Å². The van der Waals surface area contributed by atoms with Gasteiger partial charge in [-0.3, -0.25) is 14.9 Å². The second-order valence-electron chi connectivity index (χ2n) is 3.96. The minimum absolute atomic E-state index is 0.104. The van der Waals surface area contributed by atoms with Crippen molar-refractivity contribution >= 4 is 5.69 Å². The fourth-order valence-corrected chi connectivity index (χ4v) is 1.68. The van der Waals surface area contributed by atoms with Crippen LogP contribution in [0.5, 0.6) is 5.75 Å². The molecule has 0 saturated heterocycles. The fraction of sp³-hybridized carbons (Fsp3) is 0.154. The smallest absolute Gasteiger partial charge is 0.285 e. The monoisotopic (exact) mass is 260 g/mol. The predicted octanol–water partition coefficient (Wildman–Crippen LogP) is 1.81. The van der Waals surface area contributed by atoms with Gasteiger partial charge in [0.15, 0.2) is 0 Å². The molecular weight excluding hydrogens is 248 g/mol. The van der Waals surface area contributed by atoms with Crippen molar-refractivity contribution in [2.45, 2.75) is 6.54 Å². The lowest BCUT2D eigenvalue weighted by atomic mass is 10.2. The summed E-state index contributed by atoms with van der Waals surface area (Å²) >= 11 is 0. The molecule has 0 amide bonds. The summed E-state index contributed by atoms with van der Waals surface area (Å²) < 4.78 is 6.34. The highest BCUT2D eigenvalue weighted by Gasteiger charge is 2.08. The summed E-state index contributed by atoms with van der Waals surface area (Å²) in [6, 6.07) is 9.57. The summed E-state index contributed by atoms with van der Waals surface area (Å²) in [7, 11) is 1.57. The molecule has 0 spiro atoms. The van der Waals surface area contributed by atoms with Gasteiger partial charge in [0.1, 0.15) is 5.75 Å². The Hall–Kier alpha value is -2.63. The Kier molecular flexibility index (Phi) is 3.61. The number of methoxy groups -OCH3 is 1. The van der Waals surface area contributed by atoms with E-state index in [1.807, 2.05) is 12.1 Å². The molecule has 1 heterocycles. The lowest BCUT2D eigenvalue weighted by Gasteiger charge is -2.06. The first kappa shape index (κ1) is 12.8. The lowest BCUT2D eigenvalue weighted by Crippen LogP contribution is -2.19. The van der Waals surface area contributed by atoms with Crippen molar-refractivity contribution in [3.63, 3.8) is 0 Å². The molecule has 0 bridgehead atoms. The molecule has 6 nitrogen and oxygen atoms in total. The molecule has 1 aromatic heterocycles. The highest BCUT2D eigenvalue weighted by molar-refractivity contribution is 5.29. The summed E-state index contributed by atoms with van der Waals surface area (Å²) in [4.78, 5) is 21.8. The molecule has 0 radical (unpaired) electrons. The minimum Gasteiger partial charge on any atom is -0.497 e. The summed E-state index contributed by atoms with van der Waals surface area (Å²) in [6.07, 6.45) is 1.24. The van der Waals surface area contributed by atoms with Gasteiger partial charge in [0.25, 0.3) is 11.2 Å². The number of pyridine rings is 1. The van der Waals surface area contributed by atoms with Crippen LogP contribution in [0.25, 0.3) is 0 Å². The van der Waals surface area contributed by atoms with Gasteiger partial charge in [-0.2, -0.15) is 0 Å². The third-order valence-corrected chi connectivity index (χ3v) is 2.69. The molecule has 2 rings (SSSR count). The number of aromatic nitrogens is 1.